The van der Waals surface area contributed by atoms with Crippen molar-refractivity contribution in [3.8, 4) is 0 Å². The molecule has 18 heavy (non-hydrogen) atoms. The number of halogens is 1. The molecule has 1 N–H and O–H groups in total. The average Bonchev–Trinajstić information content (AvgIpc) is 2.75. The number of furan rings is 1. The van der Waals surface area contributed by atoms with Gasteiger partial charge in [0, 0.05) is 13.1 Å². The third-order valence-corrected chi connectivity index (χ3v) is 3.71. The van der Waals surface area contributed by atoms with Crippen molar-refractivity contribution in [2.75, 3.05) is 13.1 Å². The lowest BCUT2D eigenvalue weighted by atomic mass is 9.82. The van der Waals surface area contributed by atoms with E-state index in [2.05, 4.69) is 15.9 Å². The summed E-state index contributed by atoms with van der Waals surface area (Å²) in [6, 6.07) is 3.23. The van der Waals surface area contributed by atoms with Gasteiger partial charge in [0.1, 0.15) is 0 Å². The number of hydrogen-bond acceptors (Lipinski definition) is 3. The van der Waals surface area contributed by atoms with E-state index in [9.17, 15) is 14.7 Å². The molecule has 1 saturated heterocycles. The lowest BCUT2D eigenvalue weighted by Crippen LogP contribution is -2.48. The molecule has 0 bridgehead atoms. The van der Waals surface area contributed by atoms with Crippen molar-refractivity contribution in [3.63, 3.8) is 0 Å². The number of likely N-dealkylation sites (tertiary alicyclic amines) is 1. The highest BCUT2D eigenvalue weighted by molar-refractivity contribution is 9.10. The van der Waals surface area contributed by atoms with Gasteiger partial charge in [0.15, 0.2) is 10.4 Å². The Bertz CT molecular complexity index is 484. The van der Waals surface area contributed by atoms with Crippen LogP contribution in [0.5, 0.6) is 0 Å². The highest BCUT2D eigenvalue weighted by Crippen LogP contribution is 2.30. The molecule has 5 nitrogen and oxygen atoms in total. The van der Waals surface area contributed by atoms with Gasteiger partial charge in [-0.05, 0) is 47.8 Å². The van der Waals surface area contributed by atoms with Crippen molar-refractivity contribution in [2.24, 2.45) is 5.41 Å². The van der Waals surface area contributed by atoms with Gasteiger partial charge in [0.2, 0.25) is 0 Å². The smallest absolute Gasteiger partial charge is 0.311 e. The summed E-state index contributed by atoms with van der Waals surface area (Å²) in [7, 11) is 0. The third kappa shape index (κ3) is 2.43. The molecule has 6 heteroatoms. The Balaban J connectivity index is 2.14. The van der Waals surface area contributed by atoms with Gasteiger partial charge >= 0.3 is 5.97 Å². The van der Waals surface area contributed by atoms with Gasteiger partial charge in [-0.2, -0.15) is 0 Å². The monoisotopic (exact) mass is 315 g/mol. The fourth-order valence-electron chi connectivity index (χ4n) is 2.17. The molecule has 1 amide bonds. The molecule has 1 aromatic rings. The summed E-state index contributed by atoms with van der Waals surface area (Å²) in [4.78, 5) is 24.9. The summed E-state index contributed by atoms with van der Waals surface area (Å²) >= 11 is 3.14. The Morgan fingerprint density at radius 2 is 2.22 bits per heavy atom. The Labute approximate surface area is 113 Å². The maximum absolute atomic E-state index is 12.1. The Kier molecular flexibility index (Phi) is 3.47. The third-order valence-electron chi connectivity index (χ3n) is 3.28. The number of aliphatic carboxylic acids is 1. The fourth-order valence-corrected chi connectivity index (χ4v) is 2.48. The van der Waals surface area contributed by atoms with Crippen LogP contribution in [0.1, 0.15) is 30.3 Å². The fraction of sp³-hybridized carbons (Fsp3) is 0.500. The maximum Gasteiger partial charge on any atom is 0.311 e. The van der Waals surface area contributed by atoms with E-state index in [0.29, 0.717) is 24.1 Å². The molecular weight excluding hydrogens is 302 g/mol. The predicted molar refractivity (Wildman–Crippen MR) is 67.3 cm³/mol. The molecule has 0 radical (unpaired) electrons. The Morgan fingerprint density at radius 3 is 2.78 bits per heavy atom. The Hall–Kier alpha value is -1.30. The van der Waals surface area contributed by atoms with Crippen LogP contribution in [-0.4, -0.2) is 35.0 Å². The zero-order valence-electron chi connectivity index (χ0n) is 9.98. The van der Waals surface area contributed by atoms with Gasteiger partial charge in [-0.3, -0.25) is 9.59 Å². The lowest BCUT2D eigenvalue weighted by molar-refractivity contribution is -0.150. The van der Waals surface area contributed by atoms with Crippen molar-refractivity contribution in [2.45, 2.75) is 19.8 Å². The van der Waals surface area contributed by atoms with E-state index in [1.807, 2.05) is 0 Å². The number of hydrogen-bond donors (Lipinski definition) is 1. The highest BCUT2D eigenvalue weighted by Gasteiger charge is 2.39. The second kappa shape index (κ2) is 4.76. The molecule has 2 heterocycles. The first-order valence-electron chi connectivity index (χ1n) is 5.70. The van der Waals surface area contributed by atoms with Crippen molar-refractivity contribution in [1.82, 2.24) is 4.90 Å². The van der Waals surface area contributed by atoms with E-state index >= 15 is 0 Å². The van der Waals surface area contributed by atoms with Crippen molar-refractivity contribution >= 4 is 27.8 Å². The molecule has 0 aromatic carbocycles. The highest BCUT2D eigenvalue weighted by atomic mass is 79.9. The standard InChI is InChI=1S/C12H14BrNO4/c1-12(11(16)17)5-2-6-14(7-12)10(15)8-3-4-9(13)18-8/h3-4H,2,5-7H2,1H3,(H,16,17). The predicted octanol–water partition coefficient (Wildman–Crippen LogP) is 2.37. The van der Waals surface area contributed by atoms with Crippen molar-refractivity contribution in [1.29, 1.82) is 0 Å². The van der Waals surface area contributed by atoms with Crippen molar-refractivity contribution < 1.29 is 19.1 Å². The van der Waals surface area contributed by atoms with Crippen LogP contribution in [0.3, 0.4) is 0 Å². The second-order valence-corrected chi connectivity index (χ2v) is 5.58. The van der Waals surface area contributed by atoms with Crippen LogP contribution >= 0.6 is 15.9 Å². The number of carboxylic acids is 1. The van der Waals surface area contributed by atoms with Crippen LogP contribution in [0.15, 0.2) is 21.2 Å². The summed E-state index contributed by atoms with van der Waals surface area (Å²) in [6.45, 7) is 2.46. The summed E-state index contributed by atoms with van der Waals surface area (Å²) in [6.07, 6.45) is 1.28. The van der Waals surface area contributed by atoms with Crippen LogP contribution in [0, 0.1) is 5.41 Å². The number of carbonyl (C=O) groups is 2. The topological polar surface area (TPSA) is 70.8 Å². The van der Waals surface area contributed by atoms with Gasteiger partial charge in [-0.1, -0.05) is 0 Å². The first-order valence-corrected chi connectivity index (χ1v) is 6.50. The minimum Gasteiger partial charge on any atom is -0.481 e. The van der Waals surface area contributed by atoms with E-state index in [1.165, 1.54) is 0 Å². The molecule has 1 aromatic heterocycles. The summed E-state index contributed by atoms with van der Waals surface area (Å²) in [5.74, 6) is -0.884. The summed E-state index contributed by atoms with van der Waals surface area (Å²) < 4.78 is 5.69. The molecular formula is C12H14BrNO4. The van der Waals surface area contributed by atoms with Crippen molar-refractivity contribution in [3.05, 3.63) is 22.6 Å². The molecule has 0 aliphatic carbocycles. The normalized spacial score (nSPS) is 24.0. The number of carbonyl (C=O) groups excluding carboxylic acids is 1. The number of amides is 1. The summed E-state index contributed by atoms with van der Waals surface area (Å²) in [5, 5.41) is 9.20. The molecule has 1 aliphatic heterocycles. The minimum absolute atomic E-state index is 0.222. The van der Waals surface area contributed by atoms with Gasteiger partial charge < -0.3 is 14.4 Å². The lowest BCUT2D eigenvalue weighted by Gasteiger charge is -2.37. The molecule has 1 fully saturated rings. The van der Waals surface area contributed by atoms with Gasteiger partial charge in [-0.15, -0.1) is 0 Å². The molecule has 1 unspecified atom stereocenters. The first-order chi connectivity index (χ1) is 8.42. The molecule has 0 saturated carbocycles. The average molecular weight is 316 g/mol. The van der Waals surface area contributed by atoms with Gasteiger partial charge in [0.25, 0.3) is 5.91 Å². The molecule has 1 aliphatic rings. The Morgan fingerprint density at radius 1 is 1.50 bits per heavy atom. The second-order valence-electron chi connectivity index (χ2n) is 4.80. The van der Waals surface area contributed by atoms with E-state index in [1.54, 1.807) is 24.0 Å². The number of carboxylic acid groups (broad SMARTS) is 1. The number of rotatable bonds is 2. The van der Waals surface area contributed by atoms with E-state index in [0.717, 1.165) is 0 Å². The SMILES string of the molecule is CC1(C(=O)O)CCCN(C(=O)c2ccc(Br)o2)C1. The van der Waals surface area contributed by atoms with E-state index < -0.39 is 11.4 Å². The first kappa shape index (κ1) is 13.1. The van der Waals surface area contributed by atoms with Crippen LogP contribution in [-0.2, 0) is 4.79 Å². The molecule has 98 valence electrons. The zero-order valence-corrected chi connectivity index (χ0v) is 11.6. The number of piperidine rings is 1. The number of nitrogens with zero attached hydrogens (tertiary/aromatic N) is 1. The quantitative estimate of drug-likeness (QED) is 0.909. The maximum atomic E-state index is 12.1. The van der Waals surface area contributed by atoms with Crippen LogP contribution in [0.25, 0.3) is 0 Å². The summed E-state index contributed by atoms with van der Waals surface area (Å²) in [5.41, 5.74) is -0.863. The minimum atomic E-state index is -0.863. The largest absolute Gasteiger partial charge is 0.481 e. The van der Waals surface area contributed by atoms with Gasteiger partial charge in [-0.25, -0.2) is 0 Å². The zero-order chi connectivity index (χ0) is 13.3. The molecule has 1 atom stereocenters. The van der Waals surface area contributed by atoms with Crippen LogP contribution < -0.4 is 0 Å². The van der Waals surface area contributed by atoms with E-state index in [-0.39, 0.29) is 18.2 Å². The van der Waals surface area contributed by atoms with Crippen LogP contribution in [0.2, 0.25) is 0 Å². The van der Waals surface area contributed by atoms with Gasteiger partial charge in [0.05, 0.1) is 5.41 Å². The molecule has 2 rings (SSSR count). The molecule has 0 spiro atoms. The van der Waals surface area contributed by atoms with E-state index in [4.69, 9.17) is 4.42 Å². The van der Waals surface area contributed by atoms with Crippen LogP contribution in [0.4, 0.5) is 0 Å².